The van der Waals surface area contributed by atoms with Crippen LogP contribution < -0.4 is 4.57 Å². The molecule has 0 radical (unpaired) electrons. The molecular weight excluding hydrogens is 583 g/mol. The topological polar surface area (TPSA) is 111 Å². The molecule has 0 aliphatic carbocycles. The van der Waals surface area contributed by atoms with E-state index in [4.69, 9.17) is 14.0 Å². The summed E-state index contributed by atoms with van der Waals surface area (Å²) in [4.78, 5) is 0. The summed E-state index contributed by atoms with van der Waals surface area (Å²) in [5, 5.41) is 2.00. The van der Waals surface area contributed by atoms with Crippen LogP contribution in [0.4, 0.5) is 0 Å². The summed E-state index contributed by atoms with van der Waals surface area (Å²) >= 11 is 1.62. The molecule has 1 atom stereocenters. The number of aromatic nitrogens is 1. The van der Waals surface area contributed by atoms with Gasteiger partial charge in [0.15, 0.2) is 16.0 Å². The molecule has 1 unspecified atom stereocenters. The Labute approximate surface area is 256 Å². The molecule has 0 spiro atoms. The number of ether oxygens (including phenoxy) is 2. The molecule has 0 amide bonds. The fourth-order valence-corrected chi connectivity index (χ4v) is 6.53. The zero-order chi connectivity index (χ0) is 30.7. The fraction of sp³-hybridized carbons (Fsp3) is 0.900. The number of thiazole rings is 1. The minimum Gasteiger partial charge on any atom is -0.379 e. The third-order valence-electron chi connectivity index (χ3n) is 6.93. The normalized spacial score (nSPS) is 12.7. The summed E-state index contributed by atoms with van der Waals surface area (Å²) in [6.07, 6.45) is 25.5. The molecule has 0 aromatic carbocycles. The lowest BCUT2D eigenvalue weighted by Gasteiger charge is -2.15. The summed E-state index contributed by atoms with van der Waals surface area (Å²) in [5.74, 6) is 0.397. The van der Waals surface area contributed by atoms with Gasteiger partial charge in [0, 0.05) is 20.1 Å². The average molecular weight is 643 g/mol. The van der Waals surface area contributed by atoms with Crippen LogP contribution in [0, 0.1) is 0 Å². The van der Waals surface area contributed by atoms with E-state index in [1.54, 1.807) is 18.4 Å². The van der Waals surface area contributed by atoms with Crippen molar-refractivity contribution in [1.82, 2.24) is 0 Å². The number of hydrogen-bond acceptors (Lipinski definition) is 7. The fourth-order valence-electron chi connectivity index (χ4n) is 4.51. The van der Waals surface area contributed by atoms with Crippen LogP contribution in [-0.2, 0) is 36.0 Å². The Balaban J connectivity index is 0.00000292. The van der Waals surface area contributed by atoms with Crippen molar-refractivity contribution in [1.29, 1.82) is 0 Å². The SMILES string of the molecule is CCCCCCCCCCCCCCCCCCOCC(CCS(=O)(=O)CCC[n+]1ccsc1)OC.CS(=O)(=O)O. The van der Waals surface area contributed by atoms with Crippen molar-refractivity contribution in [2.45, 2.75) is 135 Å². The van der Waals surface area contributed by atoms with Crippen molar-refractivity contribution in [2.75, 3.05) is 38.1 Å². The van der Waals surface area contributed by atoms with E-state index in [9.17, 15) is 16.8 Å². The van der Waals surface area contributed by atoms with Crippen LogP contribution >= 0.6 is 11.3 Å². The number of sulfone groups is 1. The average Bonchev–Trinajstić information content (AvgIpc) is 3.42. The van der Waals surface area contributed by atoms with Gasteiger partial charge < -0.3 is 9.47 Å². The maximum absolute atomic E-state index is 12.3. The van der Waals surface area contributed by atoms with Gasteiger partial charge in [-0.1, -0.05) is 115 Å². The zero-order valence-corrected chi connectivity index (χ0v) is 28.6. The lowest BCUT2D eigenvalue weighted by Crippen LogP contribution is -2.31. The van der Waals surface area contributed by atoms with Crippen LogP contribution in [0.1, 0.15) is 122 Å². The molecule has 1 rings (SSSR count). The van der Waals surface area contributed by atoms with Crippen molar-refractivity contribution in [3.05, 3.63) is 17.1 Å². The Kier molecular flexibility index (Phi) is 26.6. The molecule has 11 heteroatoms. The van der Waals surface area contributed by atoms with E-state index in [1.165, 1.54) is 96.3 Å². The minimum absolute atomic E-state index is 0.146. The number of rotatable bonds is 27. The van der Waals surface area contributed by atoms with E-state index in [0.29, 0.717) is 25.7 Å². The number of methoxy groups -OCH3 is 1. The zero-order valence-electron chi connectivity index (χ0n) is 26.1. The van der Waals surface area contributed by atoms with Crippen LogP contribution in [0.2, 0.25) is 0 Å². The van der Waals surface area contributed by atoms with Crippen molar-refractivity contribution >= 4 is 31.3 Å². The van der Waals surface area contributed by atoms with Gasteiger partial charge in [-0.05, 0) is 12.8 Å². The predicted octanol–water partition coefficient (Wildman–Crippen LogP) is 7.03. The summed E-state index contributed by atoms with van der Waals surface area (Å²) in [5.41, 5.74) is 2.00. The molecule has 0 saturated heterocycles. The summed E-state index contributed by atoms with van der Waals surface area (Å²) < 4.78 is 63.8. The maximum Gasteiger partial charge on any atom is 0.261 e. The van der Waals surface area contributed by atoms with Gasteiger partial charge in [-0.2, -0.15) is 13.0 Å². The molecule has 0 bridgehead atoms. The highest BCUT2D eigenvalue weighted by Gasteiger charge is 2.16. The van der Waals surface area contributed by atoms with Crippen LogP contribution in [0.25, 0.3) is 0 Å². The molecule has 8 nitrogen and oxygen atoms in total. The number of nitrogens with zero attached hydrogens (tertiary/aromatic N) is 1. The van der Waals surface area contributed by atoms with Gasteiger partial charge in [-0.25, -0.2) is 8.42 Å². The molecule has 0 saturated carbocycles. The largest absolute Gasteiger partial charge is 0.379 e. The summed E-state index contributed by atoms with van der Waals surface area (Å²) in [7, 11) is -5.07. The molecular formula is C30H60NO7S3+. The first-order valence-corrected chi connectivity index (χ1v) is 20.3. The standard InChI is InChI=1S/C29H56NO4S2.CH4O3S/c1-3-4-5-6-7-8-9-10-11-12-13-14-15-16-17-18-23-34-27-29(33-2)20-26-36(31,32)25-19-21-30-22-24-35-28-30;1-5(2,3)4/h22,24,28-29H,3-21,23,25-27H2,1-2H3;1H3,(H,2,3,4)/q+1;. The monoisotopic (exact) mass is 642 g/mol. The Morgan fingerprint density at radius 2 is 1.27 bits per heavy atom. The van der Waals surface area contributed by atoms with Crippen molar-refractivity contribution in [2.24, 2.45) is 0 Å². The second-order valence-corrected chi connectivity index (χ2v) is 15.6. The second kappa shape index (κ2) is 27.0. The Morgan fingerprint density at radius 3 is 1.71 bits per heavy atom. The smallest absolute Gasteiger partial charge is 0.261 e. The van der Waals surface area contributed by atoms with Gasteiger partial charge >= 0.3 is 0 Å². The van der Waals surface area contributed by atoms with Crippen LogP contribution in [-0.4, -0.2) is 65.6 Å². The third-order valence-corrected chi connectivity index (χ3v) is 9.37. The van der Waals surface area contributed by atoms with E-state index in [0.717, 1.165) is 19.6 Å². The van der Waals surface area contributed by atoms with Gasteiger partial charge in [-0.15, -0.1) is 0 Å². The van der Waals surface area contributed by atoms with Gasteiger partial charge in [0.05, 0.1) is 35.9 Å². The molecule has 244 valence electrons. The number of unbranched alkanes of at least 4 members (excludes halogenated alkanes) is 15. The van der Waals surface area contributed by atoms with E-state index in [-0.39, 0.29) is 17.6 Å². The molecule has 1 aromatic heterocycles. The van der Waals surface area contributed by atoms with Crippen molar-refractivity contribution in [3.63, 3.8) is 0 Å². The van der Waals surface area contributed by atoms with Gasteiger partial charge in [0.1, 0.15) is 6.54 Å². The maximum atomic E-state index is 12.3. The number of aryl methyl sites for hydroxylation is 1. The van der Waals surface area contributed by atoms with Crippen LogP contribution in [0.15, 0.2) is 17.1 Å². The molecule has 0 fully saturated rings. The first kappa shape index (κ1) is 40.4. The van der Waals surface area contributed by atoms with Crippen LogP contribution in [0.3, 0.4) is 0 Å². The predicted molar refractivity (Wildman–Crippen MR) is 171 cm³/mol. The van der Waals surface area contributed by atoms with Gasteiger partial charge in [-0.3, -0.25) is 4.55 Å². The van der Waals surface area contributed by atoms with Gasteiger partial charge in [0.25, 0.3) is 10.1 Å². The molecule has 1 N–H and O–H groups in total. The Morgan fingerprint density at radius 1 is 0.780 bits per heavy atom. The lowest BCUT2D eigenvalue weighted by molar-refractivity contribution is -0.692. The van der Waals surface area contributed by atoms with Crippen molar-refractivity contribution < 1.29 is 35.4 Å². The minimum atomic E-state index is -3.67. The van der Waals surface area contributed by atoms with Gasteiger partial charge in [0.2, 0.25) is 5.51 Å². The summed E-state index contributed by atoms with van der Waals surface area (Å²) in [6.45, 7) is 4.25. The van der Waals surface area contributed by atoms with E-state index in [1.807, 2.05) is 21.7 Å². The third kappa shape index (κ3) is 32.2. The second-order valence-electron chi connectivity index (χ2n) is 11.0. The highest BCUT2D eigenvalue weighted by molar-refractivity contribution is 7.91. The molecule has 0 aliphatic heterocycles. The lowest BCUT2D eigenvalue weighted by atomic mass is 10.0. The van der Waals surface area contributed by atoms with Crippen molar-refractivity contribution in [3.8, 4) is 0 Å². The Bertz CT molecular complexity index is 883. The van der Waals surface area contributed by atoms with E-state index < -0.39 is 20.0 Å². The summed E-state index contributed by atoms with van der Waals surface area (Å²) in [6, 6.07) is 0. The first-order valence-electron chi connectivity index (χ1n) is 15.7. The van der Waals surface area contributed by atoms with E-state index in [2.05, 4.69) is 6.92 Å². The molecule has 1 heterocycles. The Hall–Kier alpha value is -0.590. The number of hydrogen-bond donors (Lipinski definition) is 1. The molecule has 0 aliphatic rings. The highest BCUT2D eigenvalue weighted by atomic mass is 32.2. The van der Waals surface area contributed by atoms with Crippen LogP contribution in [0.5, 0.6) is 0 Å². The molecule has 41 heavy (non-hydrogen) atoms. The first-order chi connectivity index (χ1) is 19.6. The molecule has 1 aromatic rings. The quantitative estimate of drug-likeness (QED) is 0.0623. The highest BCUT2D eigenvalue weighted by Crippen LogP contribution is 2.14. The van der Waals surface area contributed by atoms with E-state index >= 15 is 0 Å².